The van der Waals surface area contributed by atoms with Crippen LogP contribution in [0.25, 0.3) is 0 Å². The van der Waals surface area contributed by atoms with E-state index in [-0.39, 0.29) is 17.3 Å². The number of nitrogens with two attached hydrogens (primary N) is 1. The van der Waals surface area contributed by atoms with Crippen LogP contribution in [0.2, 0.25) is 0 Å². The van der Waals surface area contributed by atoms with Gasteiger partial charge in [0.05, 0.1) is 0 Å². The van der Waals surface area contributed by atoms with Crippen LogP contribution in [0.15, 0.2) is 24.3 Å². The third-order valence-electron chi connectivity index (χ3n) is 3.89. The summed E-state index contributed by atoms with van der Waals surface area (Å²) in [6.45, 7) is 0.293. The molecule has 0 aromatic heterocycles. The fourth-order valence-electron chi connectivity index (χ4n) is 2.66. The van der Waals surface area contributed by atoms with E-state index in [0.717, 1.165) is 25.7 Å². The van der Waals surface area contributed by atoms with Gasteiger partial charge in [-0.25, -0.2) is 4.39 Å². The number of amides is 1. The maximum absolute atomic E-state index is 13.5. The smallest absolute Gasteiger partial charge is 0.224 e. The molecule has 1 aliphatic rings. The first-order chi connectivity index (χ1) is 9.00. The maximum Gasteiger partial charge on any atom is 0.224 e. The van der Waals surface area contributed by atoms with Crippen molar-refractivity contribution in [2.24, 2.45) is 5.73 Å². The molecule has 2 N–H and O–H groups in total. The van der Waals surface area contributed by atoms with Crippen LogP contribution in [0.5, 0.6) is 0 Å². The first kappa shape index (κ1) is 14.0. The lowest BCUT2D eigenvalue weighted by Crippen LogP contribution is -2.42. The van der Waals surface area contributed by atoms with Crippen LogP contribution in [0.3, 0.4) is 0 Å². The molecule has 3 nitrogen and oxygen atoms in total. The minimum atomic E-state index is -0.347. The predicted molar refractivity (Wildman–Crippen MR) is 72.9 cm³/mol. The Morgan fingerprint density at radius 2 is 2.00 bits per heavy atom. The molecule has 0 saturated heterocycles. The predicted octanol–water partition coefficient (Wildman–Crippen LogP) is 2.45. The van der Waals surface area contributed by atoms with E-state index in [1.165, 1.54) is 6.07 Å². The highest BCUT2D eigenvalue weighted by Crippen LogP contribution is 2.30. The third kappa shape index (κ3) is 3.53. The number of hydrogen-bond donors (Lipinski definition) is 1. The van der Waals surface area contributed by atoms with Gasteiger partial charge in [0.25, 0.3) is 0 Å². The summed E-state index contributed by atoms with van der Waals surface area (Å²) in [4.78, 5) is 13.7. The number of carbonyl (C=O) groups is 1. The Morgan fingerprint density at radius 3 is 2.63 bits per heavy atom. The molecule has 0 spiro atoms. The molecular weight excluding hydrogens is 243 g/mol. The van der Waals surface area contributed by atoms with Gasteiger partial charge in [-0.3, -0.25) is 4.79 Å². The molecule has 0 atom stereocenters. The monoisotopic (exact) mass is 264 g/mol. The summed E-state index contributed by atoms with van der Waals surface area (Å²) in [6.07, 6.45) is 4.37. The van der Waals surface area contributed by atoms with Gasteiger partial charge in [0.1, 0.15) is 5.82 Å². The van der Waals surface area contributed by atoms with E-state index in [1.807, 2.05) is 0 Å². The summed E-state index contributed by atoms with van der Waals surface area (Å²) < 4.78 is 13.5. The van der Waals surface area contributed by atoms with Gasteiger partial charge in [0, 0.05) is 31.1 Å². The Labute approximate surface area is 113 Å². The highest BCUT2D eigenvalue weighted by atomic mass is 19.1. The molecule has 1 fully saturated rings. The van der Waals surface area contributed by atoms with Gasteiger partial charge in [-0.2, -0.15) is 0 Å². The van der Waals surface area contributed by atoms with Crippen molar-refractivity contribution in [2.75, 3.05) is 7.05 Å². The van der Waals surface area contributed by atoms with Gasteiger partial charge >= 0.3 is 0 Å². The SMILES string of the molecule is CN(Cc1ccccc1F)C(=O)CC1(N)CCCC1. The summed E-state index contributed by atoms with van der Waals surface area (Å²) in [5.41, 5.74) is 6.39. The quantitative estimate of drug-likeness (QED) is 0.908. The van der Waals surface area contributed by atoms with Crippen LogP contribution in [0, 0.1) is 5.82 Å². The second-order valence-corrected chi connectivity index (χ2v) is 5.59. The molecule has 0 heterocycles. The van der Waals surface area contributed by atoms with E-state index >= 15 is 0 Å². The molecule has 0 bridgehead atoms. The Kier molecular flexibility index (Phi) is 4.20. The summed E-state index contributed by atoms with van der Waals surface area (Å²) >= 11 is 0. The average molecular weight is 264 g/mol. The fraction of sp³-hybridized carbons (Fsp3) is 0.533. The zero-order valence-electron chi connectivity index (χ0n) is 11.4. The lowest BCUT2D eigenvalue weighted by atomic mass is 9.94. The first-order valence-electron chi connectivity index (χ1n) is 6.76. The zero-order chi connectivity index (χ0) is 13.9. The molecule has 4 heteroatoms. The molecule has 0 unspecified atom stereocenters. The van der Waals surface area contributed by atoms with Crippen LogP contribution in [-0.2, 0) is 11.3 Å². The summed E-state index contributed by atoms with van der Waals surface area (Å²) in [5.74, 6) is -0.280. The molecule has 1 saturated carbocycles. The first-order valence-corrected chi connectivity index (χ1v) is 6.76. The Bertz CT molecular complexity index is 455. The minimum Gasteiger partial charge on any atom is -0.341 e. The lowest BCUT2D eigenvalue weighted by molar-refractivity contribution is -0.131. The lowest BCUT2D eigenvalue weighted by Gasteiger charge is -2.26. The van der Waals surface area contributed by atoms with Crippen molar-refractivity contribution in [3.05, 3.63) is 35.6 Å². The normalized spacial score (nSPS) is 17.4. The Morgan fingerprint density at radius 1 is 1.37 bits per heavy atom. The zero-order valence-corrected chi connectivity index (χ0v) is 11.4. The minimum absolute atomic E-state index is 0.00680. The fourth-order valence-corrected chi connectivity index (χ4v) is 2.66. The van der Waals surface area contributed by atoms with Crippen LogP contribution in [0.1, 0.15) is 37.7 Å². The number of halogens is 1. The largest absolute Gasteiger partial charge is 0.341 e. The Hall–Kier alpha value is -1.42. The van der Waals surface area contributed by atoms with Crippen molar-refractivity contribution in [3.63, 3.8) is 0 Å². The standard InChI is InChI=1S/C15H21FN2O/c1-18(11-12-6-2-3-7-13(12)16)14(19)10-15(17)8-4-5-9-15/h2-3,6-7H,4-5,8-11,17H2,1H3. The van der Waals surface area contributed by atoms with Crippen molar-refractivity contribution in [3.8, 4) is 0 Å². The van der Waals surface area contributed by atoms with E-state index in [1.54, 1.807) is 30.1 Å². The molecule has 19 heavy (non-hydrogen) atoms. The van der Waals surface area contributed by atoms with E-state index in [4.69, 9.17) is 5.73 Å². The molecule has 104 valence electrons. The number of nitrogens with zero attached hydrogens (tertiary/aromatic N) is 1. The van der Waals surface area contributed by atoms with Crippen LogP contribution >= 0.6 is 0 Å². The number of carbonyl (C=O) groups excluding carboxylic acids is 1. The van der Waals surface area contributed by atoms with Crippen LogP contribution in [0.4, 0.5) is 4.39 Å². The molecule has 1 aromatic carbocycles. The van der Waals surface area contributed by atoms with Crippen LogP contribution in [-0.4, -0.2) is 23.4 Å². The van der Waals surface area contributed by atoms with Crippen LogP contribution < -0.4 is 5.73 Å². The van der Waals surface area contributed by atoms with Crippen molar-refractivity contribution in [1.82, 2.24) is 4.90 Å². The second kappa shape index (κ2) is 5.70. The molecule has 0 radical (unpaired) electrons. The summed E-state index contributed by atoms with van der Waals surface area (Å²) in [7, 11) is 1.70. The van der Waals surface area contributed by atoms with E-state index in [9.17, 15) is 9.18 Å². The number of benzene rings is 1. The van der Waals surface area contributed by atoms with Crippen molar-refractivity contribution in [2.45, 2.75) is 44.2 Å². The highest BCUT2D eigenvalue weighted by Gasteiger charge is 2.32. The van der Waals surface area contributed by atoms with Gasteiger partial charge in [-0.15, -0.1) is 0 Å². The summed E-state index contributed by atoms with van der Waals surface area (Å²) in [5, 5.41) is 0. The van der Waals surface area contributed by atoms with Gasteiger partial charge in [-0.1, -0.05) is 31.0 Å². The maximum atomic E-state index is 13.5. The third-order valence-corrected chi connectivity index (χ3v) is 3.89. The van der Waals surface area contributed by atoms with E-state index in [0.29, 0.717) is 18.5 Å². The van der Waals surface area contributed by atoms with E-state index in [2.05, 4.69) is 0 Å². The van der Waals surface area contributed by atoms with Gasteiger partial charge in [-0.05, 0) is 18.9 Å². The molecule has 1 aromatic rings. The van der Waals surface area contributed by atoms with Gasteiger partial charge < -0.3 is 10.6 Å². The van der Waals surface area contributed by atoms with Gasteiger partial charge in [0.15, 0.2) is 0 Å². The highest BCUT2D eigenvalue weighted by molar-refractivity contribution is 5.77. The van der Waals surface area contributed by atoms with Crippen molar-refractivity contribution >= 4 is 5.91 Å². The summed E-state index contributed by atoms with van der Waals surface area (Å²) in [6, 6.07) is 6.54. The van der Waals surface area contributed by atoms with Crippen molar-refractivity contribution in [1.29, 1.82) is 0 Å². The second-order valence-electron chi connectivity index (χ2n) is 5.59. The Balaban J connectivity index is 1.94. The molecular formula is C15H21FN2O. The van der Waals surface area contributed by atoms with Crippen molar-refractivity contribution < 1.29 is 9.18 Å². The molecule has 2 rings (SSSR count). The van der Waals surface area contributed by atoms with E-state index < -0.39 is 0 Å². The topological polar surface area (TPSA) is 46.3 Å². The number of rotatable bonds is 4. The molecule has 1 aliphatic carbocycles. The molecule has 0 aliphatic heterocycles. The van der Waals surface area contributed by atoms with Gasteiger partial charge in [0.2, 0.25) is 5.91 Å². The average Bonchev–Trinajstić information content (AvgIpc) is 2.78. The molecule has 1 amide bonds. The number of hydrogen-bond acceptors (Lipinski definition) is 2.